The highest BCUT2D eigenvalue weighted by molar-refractivity contribution is 5.84. The van der Waals surface area contributed by atoms with Crippen molar-refractivity contribution in [1.29, 1.82) is 0 Å². The van der Waals surface area contributed by atoms with Crippen LogP contribution in [-0.4, -0.2) is 43.9 Å². The van der Waals surface area contributed by atoms with Gasteiger partial charge in [0.1, 0.15) is 17.5 Å². The van der Waals surface area contributed by atoms with Gasteiger partial charge in [-0.25, -0.2) is 4.39 Å². The number of fused-ring (bicyclic) bond motifs is 2. The van der Waals surface area contributed by atoms with E-state index in [4.69, 9.17) is 0 Å². The van der Waals surface area contributed by atoms with Crippen molar-refractivity contribution >= 4 is 10.9 Å². The maximum atomic E-state index is 13.7. The van der Waals surface area contributed by atoms with Crippen LogP contribution in [0.3, 0.4) is 0 Å². The third kappa shape index (κ3) is 3.12. The molecule has 2 aliphatic heterocycles. The SMILES string of the molecule is CCn1cc(CN2CCCC(c3nnc4n3CCNC4)C2)c2ccc(F)cc21. The predicted octanol–water partition coefficient (Wildman–Crippen LogP) is 2.87. The van der Waals surface area contributed by atoms with Gasteiger partial charge in [0.15, 0.2) is 0 Å². The van der Waals surface area contributed by atoms with Crippen LogP contribution in [0.2, 0.25) is 0 Å². The largest absolute Gasteiger partial charge is 0.347 e. The molecule has 4 heterocycles. The summed E-state index contributed by atoms with van der Waals surface area (Å²) in [6.07, 6.45) is 4.54. The summed E-state index contributed by atoms with van der Waals surface area (Å²) >= 11 is 0. The molecule has 1 atom stereocenters. The molecule has 2 aliphatic rings. The van der Waals surface area contributed by atoms with E-state index >= 15 is 0 Å². The number of halogens is 1. The van der Waals surface area contributed by atoms with Crippen molar-refractivity contribution in [2.24, 2.45) is 0 Å². The summed E-state index contributed by atoms with van der Waals surface area (Å²) in [7, 11) is 0. The normalized spacial score (nSPS) is 20.6. The molecule has 0 amide bonds. The van der Waals surface area contributed by atoms with Gasteiger partial charge < -0.3 is 14.5 Å². The predicted molar refractivity (Wildman–Crippen MR) is 107 cm³/mol. The van der Waals surface area contributed by atoms with Crippen LogP contribution in [0, 0.1) is 5.82 Å². The third-order valence-electron chi connectivity index (χ3n) is 6.18. The Balaban J connectivity index is 1.38. The van der Waals surface area contributed by atoms with Gasteiger partial charge in [0.25, 0.3) is 0 Å². The Hall–Kier alpha value is -2.25. The van der Waals surface area contributed by atoms with E-state index < -0.39 is 0 Å². The molecule has 148 valence electrons. The highest BCUT2D eigenvalue weighted by Crippen LogP contribution is 2.30. The van der Waals surface area contributed by atoms with Gasteiger partial charge in [-0.15, -0.1) is 10.2 Å². The maximum Gasteiger partial charge on any atom is 0.147 e. The second-order valence-corrected chi connectivity index (χ2v) is 7.98. The molecule has 7 heteroatoms. The van der Waals surface area contributed by atoms with Gasteiger partial charge in [0, 0.05) is 50.2 Å². The van der Waals surface area contributed by atoms with Crippen LogP contribution in [0.5, 0.6) is 0 Å². The Bertz CT molecular complexity index is 990. The van der Waals surface area contributed by atoms with Crippen LogP contribution < -0.4 is 5.32 Å². The van der Waals surface area contributed by atoms with E-state index in [1.165, 1.54) is 18.4 Å². The van der Waals surface area contributed by atoms with E-state index in [0.717, 1.165) is 68.4 Å². The second-order valence-electron chi connectivity index (χ2n) is 7.98. The molecule has 1 N–H and O–H groups in total. The van der Waals surface area contributed by atoms with Crippen molar-refractivity contribution in [3.05, 3.63) is 47.4 Å². The molecule has 2 aromatic heterocycles. The third-order valence-corrected chi connectivity index (χ3v) is 6.18. The molecule has 0 aliphatic carbocycles. The average molecular weight is 382 g/mol. The first-order valence-corrected chi connectivity index (χ1v) is 10.3. The summed E-state index contributed by atoms with van der Waals surface area (Å²) in [6.45, 7) is 8.72. The lowest BCUT2D eigenvalue weighted by Gasteiger charge is -2.32. The van der Waals surface area contributed by atoms with Gasteiger partial charge in [-0.3, -0.25) is 4.90 Å². The first-order valence-electron chi connectivity index (χ1n) is 10.3. The lowest BCUT2D eigenvalue weighted by Crippen LogP contribution is -2.36. The first-order chi connectivity index (χ1) is 13.7. The molecule has 1 saturated heterocycles. The van der Waals surface area contributed by atoms with Gasteiger partial charge in [-0.1, -0.05) is 0 Å². The Labute approximate surface area is 164 Å². The summed E-state index contributed by atoms with van der Waals surface area (Å²) in [6, 6.07) is 5.15. The van der Waals surface area contributed by atoms with E-state index in [1.807, 2.05) is 6.07 Å². The van der Waals surface area contributed by atoms with Crippen molar-refractivity contribution in [3.63, 3.8) is 0 Å². The van der Waals surface area contributed by atoms with Gasteiger partial charge in [0.2, 0.25) is 0 Å². The van der Waals surface area contributed by atoms with Gasteiger partial charge in [-0.05, 0) is 50.1 Å². The van der Waals surface area contributed by atoms with E-state index in [-0.39, 0.29) is 5.82 Å². The quantitative estimate of drug-likeness (QED) is 0.754. The van der Waals surface area contributed by atoms with Crippen LogP contribution in [0.25, 0.3) is 10.9 Å². The Morgan fingerprint density at radius 2 is 2.18 bits per heavy atom. The molecule has 5 rings (SSSR count). The monoisotopic (exact) mass is 382 g/mol. The zero-order chi connectivity index (χ0) is 19.1. The minimum Gasteiger partial charge on any atom is -0.347 e. The summed E-state index contributed by atoms with van der Waals surface area (Å²) in [4.78, 5) is 2.52. The molecule has 1 unspecified atom stereocenters. The van der Waals surface area contributed by atoms with Gasteiger partial charge in [-0.2, -0.15) is 0 Å². The zero-order valence-electron chi connectivity index (χ0n) is 16.4. The Morgan fingerprint density at radius 1 is 1.25 bits per heavy atom. The van der Waals surface area contributed by atoms with Crippen molar-refractivity contribution in [2.75, 3.05) is 19.6 Å². The van der Waals surface area contributed by atoms with E-state index in [0.29, 0.717) is 5.92 Å². The zero-order valence-corrected chi connectivity index (χ0v) is 16.4. The molecule has 6 nitrogen and oxygen atoms in total. The molecule has 0 radical (unpaired) electrons. The summed E-state index contributed by atoms with van der Waals surface area (Å²) in [5.41, 5.74) is 2.27. The fourth-order valence-electron chi connectivity index (χ4n) is 4.80. The van der Waals surface area contributed by atoms with Crippen molar-refractivity contribution in [1.82, 2.24) is 29.5 Å². The van der Waals surface area contributed by atoms with E-state index in [9.17, 15) is 4.39 Å². The van der Waals surface area contributed by atoms with E-state index in [1.54, 1.807) is 12.1 Å². The maximum absolute atomic E-state index is 13.7. The van der Waals surface area contributed by atoms with Crippen LogP contribution in [0.4, 0.5) is 4.39 Å². The number of nitrogens with zero attached hydrogens (tertiary/aromatic N) is 5. The number of piperidine rings is 1. The molecule has 0 bridgehead atoms. The number of nitrogens with one attached hydrogen (secondary N) is 1. The number of aromatic nitrogens is 4. The minimum absolute atomic E-state index is 0.170. The van der Waals surface area contributed by atoms with Crippen LogP contribution in [0.15, 0.2) is 24.4 Å². The smallest absolute Gasteiger partial charge is 0.147 e. The number of hydrogen-bond acceptors (Lipinski definition) is 4. The Morgan fingerprint density at radius 3 is 3.07 bits per heavy atom. The molecule has 1 aromatic carbocycles. The lowest BCUT2D eigenvalue weighted by atomic mass is 9.96. The highest BCUT2D eigenvalue weighted by Gasteiger charge is 2.28. The topological polar surface area (TPSA) is 50.9 Å². The van der Waals surface area contributed by atoms with E-state index in [2.05, 4.69) is 42.7 Å². The van der Waals surface area contributed by atoms with Crippen molar-refractivity contribution < 1.29 is 4.39 Å². The molecule has 28 heavy (non-hydrogen) atoms. The highest BCUT2D eigenvalue weighted by atomic mass is 19.1. The molecule has 0 saturated carbocycles. The van der Waals surface area contributed by atoms with Crippen LogP contribution >= 0.6 is 0 Å². The molecular formula is C21H27FN6. The molecule has 0 spiro atoms. The van der Waals surface area contributed by atoms with Crippen molar-refractivity contribution in [3.8, 4) is 0 Å². The lowest BCUT2D eigenvalue weighted by molar-refractivity contribution is 0.194. The van der Waals surface area contributed by atoms with Gasteiger partial charge in [0.05, 0.1) is 12.1 Å². The fourth-order valence-corrected chi connectivity index (χ4v) is 4.80. The average Bonchev–Trinajstić information content (AvgIpc) is 3.29. The van der Waals surface area contributed by atoms with Crippen LogP contribution in [-0.2, 0) is 26.2 Å². The number of aryl methyl sites for hydroxylation is 1. The van der Waals surface area contributed by atoms with Crippen LogP contribution in [0.1, 0.15) is 42.9 Å². The second kappa shape index (κ2) is 7.29. The number of rotatable bonds is 4. The molecular weight excluding hydrogens is 355 g/mol. The minimum atomic E-state index is -0.170. The summed E-state index contributed by atoms with van der Waals surface area (Å²) in [5.74, 6) is 2.48. The standard InChI is InChI=1S/C21H27FN6/c1-2-27-14-16(18-6-5-17(22)10-19(18)27)13-26-8-3-4-15(12-26)21-25-24-20-11-23-7-9-28(20)21/h5-6,10,14-15,23H,2-4,7-9,11-13H2,1H3. The Kier molecular flexibility index (Phi) is 4.64. The summed E-state index contributed by atoms with van der Waals surface area (Å²) in [5, 5.41) is 13.5. The summed E-state index contributed by atoms with van der Waals surface area (Å²) < 4.78 is 18.2. The number of hydrogen-bond donors (Lipinski definition) is 1. The molecule has 1 fully saturated rings. The van der Waals surface area contributed by atoms with Crippen molar-refractivity contribution in [2.45, 2.75) is 51.9 Å². The first kappa shape index (κ1) is 17.8. The number of likely N-dealkylation sites (tertiary alicyclic amines) is 1. The van der Waals surface area contributed by atoms with Gasteiger partial charge >= 0.3 is 0 Å². The molecule has 3 aromatic rings. The fraction of sp³-hybridized carbons (Fsp3) is 0.524. The number of benzene rings is 1.